The lowest BCUT2D eigenvalue weighted by molar-refractivity contribution is -0.118. The van der Waals surface area contributed by atoms with E-state index in [1.165, 1.54) is 0 Å². The molecule has 1 aromatic carbocycles. The van der Waals surface area contributed by atoms with Gasteiger partial charge in [-0.15, -0.1) is 0 Å². The predicted molar refractivity (Wildman–Crippen MR) is 80.1 cm³/mol. The van der Waals surface area contributed by atoms with Gasteiger partial charge in [-0.2, -0.15) is 0 Å². The Morgan fingerprint density at radius 3 is 2.62 bits per heavy atom. The molecule has 21 heavy (non-hydrogen) atoms. The zero-order valence-corrected chi connectivity index (χ0v) is 11.9. The van der Waals surface area contributed by atoms with E-state index in [1.54, 1.807) is 24.3 Å². The Balaban J connectivity index is 1.89. The largest absolute Gasteiger partial charge is 0.395 e. The molecule has 6 nitrogen and oxygen atoms in total. The van der Waals surface area contributed by atoms with Crippen molar-refractivity contribution >= 4 is 17.5 Å². The second kappa shape index (κ2) is 7.75. The van der Waals surface area contributed by atoms with Crippen LogP contribution in [0, 0.1) is 0 Å². The van der Waals surface area contributed by atoms with E-state index in [4.69, 9.17) is 5.11 Å². The third-order valence-corrected chi connectivity index (χ3v) is 3.44. The molecule has 2 rings (SSSR count). The Labute approximate surface area is 123 Å². The summed E-state index contributed by atoms with van der Waals surface area (Å²) in [5.74, 6) is -0.275. The first-order chi connectivity index (χ1) is 10.2. The molecule has 0 aliphatic carbocycles. The van der Waals surface area contributed by atoms with Gasteiger partial charge in [0.2, 0.25) is 5.91 Å². The number of aliphatic hydroxyl groups is 1. The van der Waals surface area contributed by atoms with Crippen LogP contribution < -0.4 is 16.0 Å². The molecule has 0 unspecified atom stereocenters. The van der Waals surface area contributed by atoms with Crippen LogP contribution >= 0.6 is 0 Å². The van der Waals surface area contributed by atoms with Gasteiger partial charge >= 0.3 is 0 Å². The fourth-order valence-corrected chi connectivity index (χ4v) is 2.28. The van der Waals surface area contributed by atoms with Crippen molar-refractivity contribution in [2.75, 3.05) is 25.0 Å². The van der Waals surface area contributed by atoms with E-state index >= 15 is 0 Å². The molecule has 0 aromatic heterocycles. The maximum absolute atomic E-state index is 12.0. The second-order valence-electron chi connectivity index (χ2n) is 5.05. The minimum atomic E-state index is -0.240. The molecule has 1 heterocycles. The summed E-state index contributed by atoms with van der Waals surface area (Å²) in [6.07, 6.45) is 3.03. The van der Waals surface area contributed by atoms with E-state index in [-0.39, 0.29) is 31.0 Å². The molecule has 4 N–H and O–H groups in total. The van der Waals surface area contributed by atoms with Crippen LogP contribution in [0.3, 0.4) is 0 Å². The molecule has 0 saturated carbocycles. The minimum Gasteiger partial charge on any atom is -0.395 e. The summed E-state index contributed by atoms with van der Waals surface area (Å²) < 4.78 is 0. The van der Waals surface area contributed by atoms with Crippen LogP contribution in [0.1, 0.15) is 29.6 Å². The van der Waals surface area contributed by atoms with Crippen LogP contribution in [0.4, 0.5) is 5.69 Å². The van der Waals surface area contributed by atoms with Gasteiger partial charge in [0.15, 0.2) is 0 Å². The first kappa shape index (κ1) is 15.5. The van der Waals surface area contributed by atoms with Crippen molar-refractivity contribution in [1.29, 1.82) is 0 Å². The molecule has 1 aliphatic heterocycles. The van der Waals surface area contributed by atoms with Gasteiger partial charge < -0.3 is 21.1 Å². The summed E-state index contributed by atoms with van der Waals surface area (Å²) >= 11 is 0. The van der Waals surface area contributed by atoms with Crippen molar-refractivity contribution in [2.45, 2.75) is 25.3 Å². The highest BCUT2D eigenvalue weighted by atomic mass is 16.3. The standard InChI is InChI=1S/C15H21N3O3/c19-10-9-17-14(20)11-4-6-12(7-5-11)18-15(21)13-3-1-2-8-16-13/h4-7,13,16,19H,1-3,8-10H2,(H,17,20)(H,18,21)/t13-/m0/s1. The first-order valence-electron chi connectivity index (χ1n) is 7.24. The normalized spacial score (nSPS) is 18.0. The lowest BCUT2D eigenvalue weighted by Crippen LogP contribution is -2.43. The van der Waals surface area contributed by atoms with Crippen molar-refractivity contribution in [1.82, 2.24) is 10.6 Å². The molecule has 0 spiro atoms. The number of piperidine rings is 1. The number of nitrogens with one attached hydrogen (secondary N) is 3. The van der Waals surface area contributed by atoms with E-state index in [1.807, 2.05) is 0 Å². The van der Waals surface area contributed by atoms with Crippen LogP contribution in [0.25, 0.3) is 0 Å². The smallest absolute Gasteiger partial charge is 0.251 e. The molecule has 114 valence electrons. The van der Waals surface area contributed by atoms with Crippen molar-refractivity contribution in [3.63, 3.8) is 0 Å². The van der Waals surface area contributed by atoms with Crippen LogP contribution in [0.2, 0.25) is 0 Å². The summed E-state index contributed by atoms with van der Waals surface area (Å²) in [6.45, 7) is 1.01. The van der Waals surface area contributed by atoms with E-state index in [9.17, 15) is 9.59 Å². The molecule has 1 fully saturated rings. The Kier molecular flexibility index (Phi) is 5.71. The number of aliphatic hydroxyl groups excluding tert-OH is 1. The summed E-state index contributed by atoms with van der Waals surface area (Å²) in [5.41, 5.74) is 1.17. The Morgan fingerprint density at radius 2 is 2.00 bits per heavy atom. The van der Waals surface area contributed by atoms with Gasteiger partial charge in [0, 0.05) is 17.8 Å². The van der Waals surface area contributed by atoms with Gasteiger partial charge in [-0.1, -0.05) is 6.42 Å². The second-order valence-corrected chi connectivity index (χ2v) is 5.05. The zero-order valence-electron chi connectivity index (χ0n) is 11.9. The SMILES string of the molecule is O=C(NCCO)c1ccc(NC(=O)[C@@H]2CCCCN2)cc1. The number of carbonyl (C=O) groups is 2. The molecule has 1 saturated heterocycles. The van der Waals surface area contributed by atoms with Crippen molar-refractivity contribution in [3.05, 3.63) is 29.8 Å². The van der Waals surface area contributed by atoms with Gasteiger partial charge in [-0.25, -0.2) is 0 Å². The minimum absolute atomic E-state index is 0.0350. The van der Waals surface area contributed by atoms with Gasteiger partial charge in [-0.3, -0.25) is 9.59 Å². The quantitative estimate of drug-likeness (QED) is 0.635. The highest BCUT2D eigenvalue weighted by Gasteiger charge is 2.20. The zero-order chi connectivity index (χ0) is 15.1. The maximum atomic E-state index is 12.0. The van der Waals surface area contributed by atoms with E-state index in [0.717, 1.165) is 25.8 Å². The van der Waals surface area contributed by atoms with E-state index in [0.29, 0.717) is 11.3 Å². The third-order valence-electron chi connectivity index (χ3n) is 3.44. The molecular weight excluding hydrogens is 270 g/mol. The number of carbonyl (C=O) groups excluding carboxylic acids is 2. The number of hydrogen-bond donors (Lipinski definition) is 4. The lowest BCUT2D eigenvalue weighted by Gasteiger charge is -2.22. The number of amides is 2. The van der Waals surface area contributed by atoms with Crippen LogP contribution in [0.5, 0.6) is 0 Å². The van der Waals surface area contributed by atoms with Gasteiger partial charge in [0.25, 0.3) is 5.91 Å². The molecule has 0 bridgehead atoms. The van der Waals surface area contributed by atoms with E-state index in [2.05, 4.69) is 16.0 Å². The first-order valence-corrected chi connectivity index (χ1v) is 7.24. The monoisotopic (exact) mass is 291 g/mol. The van der Waals surface area contributed by atoms with E-state index < -0.39 is 0 Å². The molecule has 1 atom stereocenters. The lowest BCUT2D eigenvalue weighted by atomic mass is 10.0. The predicted octanol–water partition coefficient (Wildman–Crippen LogP) is 0.489. The Morgan fingerprint density at radius 1 is 1.24 bits per heavy atom. The summed E-state index contributed by atoms with van der Waals surface area (Å²) in [7, 11) is 0. The third kappa shape index (κ3) is 4.54. The fourth-order valence-electron chi connectivity index (χ4n) is 2.28. The molecule has 1 aromatic rings. The molecule has 2 amide bonds. The Bertz CT molecular complexity index is 481. The summed E-state index contributed by atoms with van der Waals surface area (Å²) in [5, 5.41) is 17.3. The average Bonchev–Trinajstić information content (AvgIpc) is 2.54. The van der Waals surface area contributed by atoms with Gasteiger partial charge in [-0.05, 0) is 43.7 Å². The number of hydrogen-bond acceptors (Lipinski definition) is 4. The number of benzene rings is 1. The average molecular weight is 291 g/mol. The van der Waals surface area contributed by atoms with Crippen molar-refractivity contribution < 1.29 is 14.7 Å². The van der Waals surface area contributed by atoms with Crippen molar-refractivity contribution in [3.8, 4) is 0 Å². The van der Waals surface area contributed by atoms with Crippen LogP contribution in [-0.4, -0.2) is 42.7 Å². The fraction of sp³-hybridized carbons (Fsp3) is 0.467. The van der Waals surface area contributed by atoms with Crippen LogP contribution in [-0.2, 0) is 4.79 Å². The number of rotatable bonds is 5. The molecule has 0 radical (unpaired) electrons. The highest BCUT2D eigenvalue weighted by Crippen LogP contribution is 2.13. The van der Waals surface area contributed by atoms with Crippen molar-refractivity contribution in [2.24, 2.45) is 0 Å². The van der Waals surface area contributed by atoms with Gasteiger partial charge in [0.1, 0.15) is 0 Å². The number of anilines is 1. The topological polar surface area (TPSA) is 90.5 Å². The Hall–Kier alpha value is -1.92. The molecule has 1 aliphatic rings. The maximum Gasteiger partial charge on any atom is 0.251 e. The summed E-state index contributed by atoms with van der Waals surface area (Å²) in [4.78, 5) is 23.7. The van der Waals surface area contributed by atoms with Crippen LogP contribution in [0.15, 0.2) is 24.3 Å². The highest BCUT2D eigenvalue weighted by molar-refractivity contribution is 5.97. The van der Waals surface area contributed by atoms with Gasteiger partial charge in [0.05, 0.1) is 12.6 Å². The summed E-state index contributed by atoms with van der Waals surface area (Å²) in [6, 6.07) is 6.57. The molecule has 6 heteroatoms. The molecular formula is C15H21N3O3.